The molecule has 0 saturated heterocycles. The molecular weight excluding hydrogens is 268 g/mol. The van der Waals surface area contributed by atoms with E-state index >= 15 is 0 Å². The number of ether oxygens (including phenoxy) is 1. The molecule has 0 aliphatic carbocycles. The Bertz CT molecular complexity index is 643. The second-order valence-corrected chi connectivity index (χ2v) is 4.09. The number of amides is 1. The molecule has 1 heterocycles. The smallest absolute Gasteiger partial charge is 0.270 e. The lowest BCUT2D eigenvalue weighted by Gasteiger charge is -2.10. The van der Waals surface area contributed by atoms with Crippen LogP contribution in [0.2, 0.25) is 0 Å². The highest BCUT2D eigenvalue weighted by Gasteiger charge is 2.09. The van der Waals surface area contributed by atoms with Gasteiger partial charge in [0.25, 0.3) is 5.91 Å². The normalized spacial score (nSPS) is 9.76. The summed E-state index contributed by atoms with van der Waals surface area (Å²) < 4.78 is 5.24. The van der Waals surface area contributed by atoms with Crippen LogP contribution in [0.3, 0.4) is 0 Å². The Balaban J connectivity index is 2.17. The Morgan fingerprint density at radius 3 is 2.95 bits per heavy atom. The van der Waals surface area contributed by atoms with E-state index in [4.69, 9.17) is 4.74 Å². The predicted molar refractivity (Wildman–Crippen MR) is 80.8 cm³/mol. The fraction of sp³-hybridized carbons (Fsp3) is 0.133. The number of hydrogen-bond acceptors (Lipinski definition) is 5. The van der Waals surface area contributed by atoms with E-state index in [1.165, 1.54) is 6.20 Å². The Labute approximate surface area is 122 Å². The molecule has 0 fully saturated rings. The van der Waals surface area contributed by atoms with Crippen LogP contribution in [-0.2, 0) is 0 Å². The summed E-state index contributed by atoms with van der Waals surface area (Å²) in [6, 6.07) is 8.94. The molecule has 6 heteroatoms. The predicted octanol–water partition coefficient (Wildman–Crippen LogP) is 2.14. The number of para-hydroxylation sites is 2. The molecule has 6 nitrogen and oxygen atoms in total. The second-order valence-electron chi connectivity index (χ2n) is 4.09. The van der Waals surface area contributed by atoms with Gasteiger partial charge in [-0.25, -0.2) is 9.97 Å². The third kappa shape index (κ3) is 3.79. The minimum atomic E-state index is -0.277. The van der Waals surface area contributed by atoms with Gasteiger partial charge in [0, 0.05) is 12.7 Å². The van der Waals surface area contributed by atoms with Gasteiger partial charge in [0.15, 0.2) is 0 Å². The van der Waals surface area contributed by atoms with Crippen LogP contribution >= 0.6 is 0 Å². The van der Waals surface area contributed by atoms with E-state index in [-0.39, 0.29) is 11.6 Å². The van der Waals surface area contributed by atoms with Crippen LogP contribution in [-0.4, -0.2) is 29.5 Å². The first-order valence-electron chi connectivity index (χ1n) is 6.36. The maximum atomic E-state index is 11.8. The Kier molecular flexibility index (Phi) is 4.87. The number of anilines is 2. The maximum Gasteiger partial charge on any atom is 0.270 e. The van der Waals surface area contributed by atoms with Crippen LogP contribution < -0.4 is 15.4 Å². The summed E-state index contributed by atoms with van der Waals surface area (Å²) in [5.41, 5.74) is 1.01. The number of carbonyl (C=O) groups is 1. The Morgan fingerprint density at radius 1 is 1.38 bits per heavy atom. The van der Waals surface area contributed by atoms with Crippen LogP contribution in [0.1, 0.15) is 10.5 Å². The lowest BCUT2D eigenvalue weighted by molar-refractivity contribution is 0.0953. The SMILES string of the molecule is C=CCNC(=O)c1ccnc(Nc2ccccc2OC)n1. The van der Waals surface area contributed by atoms with Crippen molar-refractivity contribution in [3.8, 4) is 5.75 Å². The molecule has 0 radical (unpaired) electrons. The summed E-state index contributed by atoms with van der Waals surface area (Å²) in [6.07, 6.45) is 3.13. The minimum absolute atomic E-state index is 0.277. The molecule has 1 amide bonds. The molecule has 2 rings (SSSR count). The zero-order valence-electron chi connectivity index (χ0n) is 11.7. The number of nitrogens with zero attached hydrogens (tertiary/aromatic N) is 2. The number of aromatic nitrogens is 2. The molecule has 108 valence electrons. The van der Waals surface area contributed by atoms with E-state index in [0.717, 1.165) is 5.69 Å². The first kappa shape index (κ1) is 14.5. The van der Waals surface area contributed by atoms with Gasteiger partial charge in [-0.05, 0) is 18.2 Å². The standard InChI is InChI=1S/C15H16N4O2/c1-3-9-16-14(20)12-8-10-17-15(19-12)18-11-6-4-5-7-13(11)21-2/h3-8,10H,1,9H2,2H3,(H,16,20)(H,17,18,19). The molecule has 0 atom stereocenters. The number of methoxy groups -OCH3 is 1. The van der Waals surface area contributed by atoms with Gasteiger partial charge in [0.2, 0.25) is 5.95 Å². The summed E-state index contributed by atoms with van der Waals surface area (Å²) >= 11 is 0. The topological polar surface area (TPSA) is 76.1 Å². The first-order chi connectivity index (χ1) is 10.2. The highest BCUT2D eigenvalue weighted by molar-refractivity contribution is 5.92. The van der Waals surface area contributed by atoms with Gasteiger partial charge in [-0.3, -0.25) is 4.79 Å². The van der Waals surface area contributed by atoms with E-state index in [1.807, 2.05) is 24.3 Å². The van der Waals surface area contributed by atoms with Crippen molar-refractivity contribution in [1.29, 1.82) is 0 Å². The maximum absolute atomic E-state index is 11.8. The molecular formula is C15H16N4O2. The van der Waals surface area contributed by atoms with E-state index in [1.54, 1.807) is 19.3 Å². The van der Waals surface area contributed by atoms with E-state index in [9.17, 15) is 4.79 Å². The van der Waals surface area contributed by atoms with Crippen molar-refractivity contribution in [2.75, 3.05) is 19.0 Å². The van der Waals surface area contributed by atoms with Crippen LogP contribution in [0.25, 0.3) is 0 Å². The van der Waals surface area contributed by atoms with Gasteiger partial charge in [-0.15, -0.1) is 6.58 Å². The molecule has 2 N–H and O–H groups in total. The number of carbonyl (C=O) groups excluding carboxylic acids is 1. The van der Waals surface area contributed by atoms with E-state index in [2.05, 4.69) is 27.2 Å². The lowest BCUT2D eigenvalue weighted by Crippen LogP contribution is -2.24. The lowest BCUT2D eigenvalue weighted by atomic mass is 10.3. The van der Waals surface area contributed by atoms with Gasteiger partial charge < -0.3 is 15.4 Å². The first-order valence-corrected chi connectivity index (χ1v) is 6.36. The van der Waals surface area contributed by atoms with E-state index in [0.29, 0.717) is 18.2 Å². The summed E-state index contributed by atoms with van der Waals surface area (Å²) in [4.78, 5) is 20.1. The van der Waals surface area contributed by atoms with Gasteiger partial charge in [-0.1, -0.05) is 18.2 Å². The highest BCUT2D eigenvalue weighted by atomic mass is 16.5. The highest BCUT2D eigenvalue weighted by Crippen LogP contribution is 2.25. The molecule has 0 bridgehead atoms. The monoisotopic (exact) mass is 284 g/mol. The molecule has 21 heavy (non-hydrogen) atoms. The molecule has 1 aromatic heterocycles. The third-order valence-corrected chi connectivity index (χ3v) is 2.65. The van der Waals surface area contributed by atoms with Crippen LogP contribution in [0.15, 0.2) is 49.2 Å². The number of rotatable bonds is 6. The van der Waals surface area contributed by atoms with Crippen LogP contribution in [0.4, 0.5) is 11.6 Å². The van der Waals surface area contributed by atoms with Crippen molar-refractivity contribution in [3.05, 3.63) is 54.9 Å². The molecule has 0 saturated carbocycles. The average molecular weight is 284 g/mol. The van der Waals surface area contributed by atoms with Gasteiger partial charge in [-0.2, -0.15) is 0 Å². The van der Waals surface area contributed by atoms with Crippen molar-refractivity contribution in [1.82, 2.24) is 15.3 Å². The summed E-state index contributed by atoms with van der Waals surface area (Å²) in [7, 11) is 1.58. The second kappa shape index (κ2) is 7.04. The third-order valence-electron chi connectivity index (χ3n) is 2.65. The minimum Gasteiger partial charge on any atom is -0.495 e. The zero-order valence-corrected chi connectivity index (χ0v) is 11.7. The molecule has 0 spiro atoms. The summed E-state index contributed by atoms with van der Waals surface area (Å²) in [5.74, 6) is 0.716. The summed E-state index contributed by atoms with van der Waals surface area (Å²) in [6.45, 7) is 3.93. The Hall–Kier alpha value is -2.89. The number of benzene rings is 1. The van der Waals surface area contributed by atoms with Gasteiger partial charge in [0.05, 0.1) is 12.8 Å². The fourth-order valence-electron chi connectivity index (χ4n) is 1.67. The van der Waals surface area contributed by atoms with Crippen molar-refractivity contribution >= 4 is 17.5 Å². The molecule has 0 aliphatic rings. The van der Waals surface area contributed by atoms with E-state index < -0.39 is 0 Å². The largest absolute Gasteiger partial charge is 0.495 e. The molecule has 2 aromatic rings. The zero-order chi connectivity index (χ0) is 15.1. The molecule has 0 aliphatic heterocycles. The fourth-order valence-corrected chi connectivity index (χ4v) is 1.67. The van der Waals surface area contributed by atoms with Crippen molar-refractivity contribution in [2.45, 2.75) is 0 Å². The number of nitrogens with one attached hydrogen (secondary N) is 2. The average Bonchev–Trinajstić information content (AvgIpc) is 2.53. The molecule has 0 unspecified atom stereocenters. The van der Waals surface area contributed by atoms with Crippen molar-refractivity contribution in [3.63, 3.8) is 0 Å². The van der Waals surface area contributed by atoms with Crippen LogP contribution in [0.5, 0.6) is 5.75 Å². The van der Waals surface area contributed by atoms with Gasteiger partial charge in [0.1, 0.15) is 11.4 Å². The van der Waals surface area contributed by atoms with Crippen LogP contribution in [0, 0.1) is 0 Å². The van der Waals surface area contributed by atoms with Crippen molar-refractivity contribution < 1.29 is 9.53 Å². The number of hydrogen-bond donors (Lipinski definition) is 2. The van der Waals surface area contributed by atoms with Gasteiger partial charge >= 0.3 is 0 Å². The quantitative estimate of drug-likeness (QED) is 0.795. The Morgan fingerprint density at radius 2 is 2.19 bits per heavy atom. The van der Waals surface area contributed by atoms with Crippen molar-refractivity contribution in [2.24, 2.45) is 0 Å². The molecule has 1 aromatic carbocycles. The summed E-state index contributed by atoms with van der Waals surface area (Å²) in [5, 5.41) is 5.69.